The standard InChI is InChI=1S/C12H16N2O3/c13-11(15)8-14-7-10(6-12(16)17)9-4-2-1-3-5-9/h1-5,10,14H,6-8H2,(H2,13,15)(H,16,17). The molecule has 1 amide bonds. The molecule has 17 heavy (non-hydrogen) atoms. The van der Waals surface area contributed by atoms with Crippen LogP contribution in [0.25, 0.3) is 0 Å². The van der Waals surface area contributed by atoms with Crippen LogP contribution >= 0.6 is 0 Å². The quantitative estimate of drug-likeness (QED) is 0.635. The lowest BCUT2D eigenvalue weighted by Crippen LogP contribution is -2.32. The third kappa shape index (κ3) is 5.12. The van der Waals surface area contributed by atoms with E-state index in [1.807, 2.05) is 30.3 Å². The maximum Gasteiger partial charge on any atom is 0.304 e. The number of carbonyl (C=O) groups excluding carboxylic acids is 1. The van der Waals surface area contributed by atoms with Crippen LogP contribution in [0.4, 0.5) is 0 Å². The Hall–Kier alpha value is -1.88. The number of primary amides is 1. The molecule has 0 heterocycles. The second-order valence-corrected chi connectivity index (χ2v) is 3.80. The van der Waals surface area contributed by atoms with E-state index in [9.17, 15) is 9.59 Å². The van der Waals surface area contributed by atoms with Crippen LogP contribution in [0.2, 0.25) is 0 Å². The van der Waals surface area contributed by atoms with Crippen molar-refractivity contribution in [1.82, 2.24) is 5.32 Å². The van der Waals surface area contributed by atoms with Gasteiger partial charge >= 0.3 is 5.97 Å². The number of benzene rings is 1. The van der Waals surface area contributed by atoms with Crippen LogP contribution in [0.15, 0.2) is 30.3 Å². The van der Waals surface area contributed by atoms with E-state index >= 15 is 0 Å². The number of hydrogen-bond acceptors (Lipinski definition) is 3. The number of carboxylic acid groups (broad SMARTS) is 1. The normalized spacial score (nSPS) is 12.0. The lowest BCUT2D eigenvalue weighted by atomic mass is 9.96. The monoisotopic (exact) mass is 236 g/mol. The van der Waals surface area contributed by atoms with Gasteiger partial charge in [0.1, 0.15) is 0 Å². The van der Waals surface area contributed by atoms with Gasteiger partial charge in [0, 0.05) is 12.5 Å². The summed E-state index contributed by atoms with van der Waals surface area (Å²) in [6, 6.07) is 9.34. The zero-order valence-electron chi connectivity index (χ0n) is 9.43. The molecule has 5 heteroatoms. The van der Waals surface area contributed by atoms with Crippen molar-refractivity contribution in [1.29, 1.82) is 0 Å². The zero-order chi connectivity index (χ0) is 12.7. The zero-order valence-corrected chi connectivity index (χ0v) is 9.43. The van der Waals surface area contributed by atoms with Gasteiger partial charge in [-0.1, -0.05) is 30.3 Å². The molecule has 92 valence electrons. The minimum absolute atomic E-state index is 0.0236. The van der Waals surface area contributed by atoms with Gasteiger partial charge in [0.2, 0.25) is 5.91 Å². The number of nitrogens with one attached hydrogen (secondary N) is 1. The number of rotatable bonds is 7. The molecule has 0 saturated heterocycles. The highest BCUT2D eigenvalue weighted by atomic mass is 16.4. The largest absolute Gasteiger partial charge is 0.481 e. The first-order valence-corrected chi connectivity index (χ1v) is 5.35. The number of amides is 1. The second kappa shape index (κ2) is 6.65. The predicted molar refractivity (Wildman–Crippen MR) is 63.5 cm³/mol. The number of nitrogens with two attached hydrogens (primary N) is 1. The van der Waals surface area contributed by atoms with Crippen LogP contribution in [0.1, 0.15) is 17.9 Å². The van der Waals surface area contributed by atoms with Crippen LogP contribution in [-0.2, 0) is 9.59 Å². The van der Waals surface area contributed by atoms with Crippen LogP contribution in [0, 0.1) is 0 Å². The maximum atomic E-state index is 10.8. The molecule has 0 bridgehead atoms. The molecule has 1 aromatic rings. The van der Waals surface area contributed by atoms with E-state index in [4.69, 9.17) is 10.8 Å². The van der Waals surface area contributed by atoms with Crippen molar-refractivity contribution < 1.29 is 14.7 Å². The Morgan fingerprint density at radius 3 is 2.47 bits per heavy atom. The summed E-state index contributed by atoms with van der Waals surface area (Å²) in [6.45, 7) is 0.474. The molecule has 0 aromatic heterocycles. The summed E-state index contributed by atoms with van der Waals surface area (Å²) >= 11 is 0. The first kappa shape index (κ1) is 13.2. The van der Waals surface area contributed by atoms with Gasteiger partial charge in [-0.3, -0.25) is 9.59 Å². The average molecular weight is 236 g/mol. The predicted octanol–water partition coefficient (Wildman–Crippen LogP) is 0.320. The van der Waals surface area contributed by atoms with Crippen molar-refractivity contribution in [3.05, 3.63) is 35.9 Å². The SMILES string of the molecule is NC(=O)CNCC(CC(=O)O)c1ccccc1. The Balaban J connectivity index is 2.61. The van der Waals surface area contributed by atoms with Gasteiger partial charge < -0.3 is 16.2 Å². The maximum absolute atomic E-state index is 10.8. The summed E-state index contributed by atoms with van der Waals surface area (Å²) in [5.74, 6) is -1.47. The molecule has 0 spiro atoms. The van der Waals surface area contributed by atoms with E-state index in [1.54, 1.807) is 0 Å². The molecule has 4 N–H and O–H groups in total. The molecule has 0 aliphatic carbocycles. The molecule has 1 rings (SSSR count). The third-order valence-electron chi connectivity index (χ3n) is 2.38. The first-order chi connectivity index (χ1) is 8.09. The molecule has 0 radical (unpaired) electrons. The fraction of sp³-hybridized carbons (Fsp3) is 0.333. The van der Waals surface area contributed by atoms with Crippen molar-refractivity contribution in [2.45, 2.75) is 12.3 Å². The van der Waals surface area contributed by atoms with Crippen LogP contribution in [0.5, 0.6) is 0 Å². The summed E-state index contributed by atoms with van der Waals surface area (Å²) in [4.78, 5) is 21.3. The molecular formula is C12H16N2O3. The summed E-state index contributed by atoms with van der Waals surface area (Å²) in [7, 11) is 0. The fourth-order valence-corrected chi connectivity index (χ4v) is 1.61. The van der Waals surface area contributed by atoms with Crippen molar-refractivity contribution >= 4 is 11.9 Å². The van der Waals surface area contributed by atoms with Crippen molar-refractivity contribution in [3.8, 4) is 0 Å². The number of hydrogen-bond donors (Lipinski definition) is 3. The van der Waals surface area contributed by atoms with Crippen molar-refractivity contribution in [2.75, 3.05) is 13.1 Å². The average Bonchev–Trinajstić information content (AvgIpc) is 2.28. The minimum Gasteiger partial charge on any atom is -0.481 e. The smallest absolute Gasteiger partial charge is 0.304 e. The molecule has 1 unspecified atom stereocenters. The topological polar surface area (TPSA) is 92.4 Å². The summed E-state index contributed by atoms with van der Waals surface area (Å²) in [5, 5.41) is 11.7. The van der Waals surface area contributed by atoms with Gasteiger partial charge in [-0.25, -0.2) is 0 Å². The van der Waals surface area contributed by atoms with Gasteiger partial charge in [0.05, 0.1) is 13.0 Å². The van der Waals surface area contributed by atoms with E-state index in [2.05, 4.69) is 5.32 Å². The second-order valence-electron chi connectivity index (χ2n) is 3.80. The number of carboxylic acids is 1. The Bertz CT molecular complexity index is 379. The fourth-order valence-electron chi connectivity index (χ4n) is 1.61. The van der Waals surface area contributed by atoms with Crippen LogP contribution in [0.3, 0.4) is 0 Å². The number of aliphatic carboxylic acids is 1. The third-order valence-corrected chi connectivity index (χ3v) is 2.38. The highest BCUT2D eigenvalue weighted by Crippen LogP contribution is 2.18. The summed E-state index contributed by atoms with van der Waals surface area (Å²) < 4.78 is 0. The highest BCUT2D eigenvalue weighted by molar-refractivity contribution is 5.75. The lowest BCUT2D eigenvalue weighted by Gasteiger charge is -2.15. The van der Waals surface area contributed by atoms with Crippen LogP contribution < -0.4 is 11.1 Å². The minimum atomic E-state index is -0.861. The molecular weight excluding hydrogens is 220 g/mol. The van der Waals surface area contributed by atoms with Gasteiger partial charge in [-0.05, 0) is 5.56 Å². The van der Waals surface area contributed by atoms with Gasteiger partial charge in [0.25, 0.3) is 0 Å². The Morgan fingerprint density at radius 2 is 1.94 bits per heavy atom. The van der Waals surface area contributed by atoms with Gasteiger partial charge in [-0.15, -0.1) is 0 Å². The summed E-state index contributed by atoms with van der Waals surface area (Å²) in [5.41, 5.74) is 5.94. The van der Waals surface area contributed by atoms with E-state index in [1.165, 1.54) is 0 Å². The number of carbonyl (C=O) groups is 2. The van der Waals surface area contributed by atoms with E-state index in [-0.39, 0.29) is 18.9 Å². The van der Waals surface area contributed by atoms with Crippen molar-refractivity contribution in [2.24, 2.45) is 5.73 Å². The summed E-state index contributed by atoms with van der Waals surface area (Å²) in [6.07, 6.45) is 0.0236. The molecule has 5 nitrogen and oxygen atoms in total. The van der Waals surface area contributed by atoms with Gasteiger partial charge in [0.15, 0.2) is 0 Å². The molecule has 0 fully saturated rings. The Morgan fingerprint density at radius 1 is 1.29 bits per heavy atom. The lowest BCUT2D eigenvalue weighted by molar-refractivity contribution is -0.137. The molecule has 0 aliphatic heterocycles. The van der Waals surface area contributed by atoms with E-state index in [0.717, 1.165) is 5.56 Å². The van der Waals surface area contributed by atoms with E-state index < -0.39 is 11.9 Å². The molecule has 1 aromatic carbocycles. The Kier molecular flexibility index (Phi) is 5.16. The molecule has 0 aliphatic rings. The van der Waals surface area contributed by atoms with Crippen molar-refractivity contribution in [3.63, 3.8) is 0 Å². The first-order valence-electron chi connectivity index (χ1n) is 5.35. The van der Waals surface area contributed by atoms with E-state index in [0.29, 0.717) is 6.54 Å². The van der Waals surface area contributed by atoms with Gasteiger partial charge in [-0.2, -0.15) is 0 Å². The highest BCUT2D eigenvalue weighted by Gasteiger charge is 2.15. The molecule has 0 saturated carbocycles. The Labute approximate surface area is 99.6 Å². The van der Waals surface area contributed by atoms with Crippen LogP contribution in [-0.4, -0.2) is 30.1 Å². The molecule has 1 atom stereocenters.